The highest BCUT2D eigenvalue weighted by molar-refractivity contribution is 9.10. The first-order valence-corrected chi connectivity index (χ1v) is 8.27. The molecule has 2 atom stereocenters. The number of sulfonamides is 1. The molecule has 0 aromatic rings. The molecular formula is C9H17BrN2O3S. The minimum absolute atomic E-state index is 0.0109. The fourth-order valence-corrected chi connectivity index (χ4v) is 3.27. The number of hydrogen-bond donors (Lipinski definition) is 1. The van der Waals surface area contributed by atoms with Gasteiger partial charge in [0.05, 0.1) is 12.7 Å². The van der Waals surface area contributed by atoms with E-state index in [2.05, 4.69) is 25.6 Å². The Labute approximate surface area is 105 Å². The van der Waals surface area contributed by atoms with Gasteiger partial charge in [-0.15, -0.1) is 0 Å². The summed E-state index contributed by atoms with van der Waals surface area (Å²) in [6.45, 7) is 3.07. The van der Waals surface area contributed by atoms with Crippen molar-refractivity contribution in [2.45, 2.75) is 25.0 Å². The molecule has 0 aromatic heterocycles. The zero-order chi connectivity index (χ0) is 11.6. The first kappa shape index (κ1) is 12.8. The third-order valence-electron chi connectivity index (χ3n) is 3.14. The molecule has 7 heteroatoms. The SMILES string of the molecule is O=S(=O)(CBr)NCC1CN2CCCC2CO1. The first-order chi connectivity index (χ1) is 7.61. The van der Waals surface area contributed by atoms with Crippen molar-refractivity contribution in [1.29, 1.82) is 0 Å². The standard InChI is InChI=1S/C9H17BrN2O3S/c10-7-16(13,14)11-4-9-5-12-3-1-2-8(12)6-15-9/h8-9,11H,1-7H2. The van der Waals surface area contributed by atoms with Gasteiger partial charge in [0, 0.05) is 19.1 Å². The number of rotatable bonds is 4. The molecule has 2 saturated heterocycles. The normalized spacial score (nSPS) is 31.6. The van der Waals surface area contributed by atoms with Crippen molar-refractivity contribution in [2.75, 3.05) is 30.9 Å². The number of fused-ring (bicyclic) bond motifs is 1. The fourth-order valence-electron chi connectivity index (χ4n) is 2.27. The highest BCUT2D eigenvalue weighted by Crippen LogP contribution is 2.22. The molecule has 2 aliphatic rings. The summed E-state index contributed by atoms with van der Waals surface area (Å²) in [6.07, 6.45) is 2.43. The maximum absolute atomic E-state index is 11.2. The van der Waals surface area contributed by atoms with E-state index < -0.39 is 10.0 Å². The molecule has 0 radical (unpaired) electrons. The third kappa shape index (κ3) is 3.16. The molecule has 94 valence electrons. The molecule has 2 aliphatic heterocycles. The number of nitrogens with zero attached hydrogens (tertiary/aromatic N) is 1. The summed E-state index contributed by atoms with van der Waals surface area (Å²) in [5, 5.41) is 0. The first-order valence-electron chi connectivity index (χ1n) is 5.49. The largest absolute Gasteiger partial charge is 0.374 e. The maximum atomic E-state index is 11.2. The molecule has 2 rings (SSSR count). The van der Waals surface area contributed by atoms with Gasteiger partial charge >= 0.3 is 0 Å². The Bertz CT molecular complexity index is 336. The van der Waals surface area contributed by atoms with E-state index in [1.54, 1.807) is 0 Å². The predicted octanol–water partition coefficient (Wildman–Crippen LogP) is 0.121. The second-order valence-corrected chi connectivity index (χ2v) is 7.43. The Morgan fingerprint density at radius 2 is 2.31 bits per heavy atom. The molecule has 0 amide bonds. The lowest BCUT2D eigenvalue weighted by molar-refractivity contribution is -0.0448. The van der Waals surface area contributed by atoms with Crippen molar-refractivity contribution in [3.63, 3.8) is 0 Å². The van der Waals surface area contributed by atoms with Gasteiger partial charge in [-0.05, 0) is 19.4 Å². The summed E-state index contributed by atoms with van der Waals surface area (Å²) in [5.74, 6) is 0. The van der Waals surface area contributed by atoms with Gasteiger partial charge in [-0.25, -0.2) is 13.1 Å². The van der Waals surface area contributed by atoms with Gasteiger partial charge in [0.2, 0.25) is 10.0 Å². The van der Waals surface area contributed by atoms with Crippen LogP contribution in [0.25, 0.3) is 0 Å². The molecule has 16 heavy (non-hydrogen) atoms. The van der Waals surface area contributed by atoms with Gasteiger partial charge in [0.1, 0.15) is 4.66 Å². The lowest BCUT2D eigenvalue weighted by Gasteiger charge is -2.35. The van der Waals surface area contributed by atoms with Crippen LogP contribution in [-0.4, -0.2) is 56.4 Å². The minimum atomic E-state index is -3.17. The molecular weight excluding hydrogens is 296 g/mol. The van der Waals surface area contributed by atoms with E-state index in [0.717, 1.165) is 19.7 Å². The summed E-state index contributed by atoms with van der Waals surface area (Å²) in [7, 11) is -3.17. The van der Waals surface area contributed by atoms with Gasteiger partial charge < -0.3 is 4.74 Å². The van der Waals surface area contributed by atoms with Crippen molar-refractivity contribution in [3.05, 3.63) is 0 Å². The van der Waals surface area contributed by atoms with Crippen molar-refractivity contribution in [2.24, 2.45) is 0 Å². The summed E-state index contributed by atoms with van der Waals surface area (Å²) in [5.41, 5.74) is 0. The van der Waals surface area contributed by atoms with Crippen LogP contribution >= 0.6 is 15.9 Å². The molecule has 0 aliphatic carbocycles. The van der Waals surface area contributed by atoms with E-state index in [-0.39, 0.29) is 10.8 Å². The van der Waals surface area contributed by atoms with Crippen LogP contribution in [0.15, 0.2) is 0 Å². The van der Waals surface area contributed by atoms with Gasteiger partial charge in [-0.3, -0.25) is 4.90 Å². The number of hydrogen-bond acceptors (Lipinski definition) is 4. The van der Waals surface area contributed by atoms with Crippen LogP contribution in [0.2, 0.25) is 0 Å². The monoisotopic (exact) mass is 312 g/mol. The summed E-state index contributed by atoms with van der Waals surface area (Å²) in [4.78, 5) is 2.40. The zero-order valence-electron chi connectivity index (χ0n) is 9.06. The van der Waals surface area contributed by atoms with E-state index >= 15 is 0 Å². The second kappa shape index (κ2) is 5.30. The Kier molecular flexibility index (Phi) is 4.23. The van der Waals surface area contributed by atoms with Gasteiger partial charge in [0.15, 0.2) is 0 Å². The van der Waals surface area contributed by atoms with Crippen molar-refractivity contribution in [1.82, 2.24) is 9.62 Å². The average molecular weight is 313 g/mol. The van der Waals surface area contributed by atoms with Crippen LogP contribution < -0.4 is 4.72 Å². The van der Waals surface area contributed by atoms with Crippen LogP contribution in [0.3, 0.4) is 0 Å². The highest BCUT2D eigenvalue weighted by atomic mass is 79.9. The van der Waals surface area contributed by atoms with Crippen LogP contribution in [0, 0.1) is 0 Å². The predicted molar refractivity (Wildman–Crippen MR) is 65.1 cm³/mol. The zero-order valence-corrected chi connectivity index (χ0v) is 11.5. The van der Waals surface area contributed by atoms with E-state index in [1.807, 2.05) is 0 Å². The van der Waals surface area contributed by atoms with Gasteiger partial charge in [-0.2, -0.15) is 0 Å². The van der Waals surface area contributed by atoms with E-state index in [1.165, 1.54) is 12.8 Å². The number of nitrogens with one attached hydrogen (secondary N) is 1. The molecule has 2 unspecified atom stereocenters. The quantitative estimate of drug-likeness (QED) is 0.749. The molecule has 0 saturated carbocycles. The molecule has 5 nitrogen and oxygen atoms in total. The molecule has 2 fully saturated rings. The van der Waals surface area contributed by atoms with E-state index in [9.17, 15) is 8.42 Å². The van der Waals surface area contributed by atoms with Crippen molar-refractivity contribution >= 4 is 26.0 Å². The topological polar surface area (TPSA) is 58.6 Å². The summed E-state index contributed by atoms with van der Waals surface area (Å²) < 4.78 is 30.6. The summed E-state index contributed by atoms with van der Waals surface area (Å²) in [6, 6.07) is 0.559. The highest BCUT2D eigenvalue weighted by Gasteiger charge is 2.32. The summed E-state index contributed by atoms with van der Waals surface area (Å²) >= 11 is 2.94. The third-order valence-corrected chi connectivity index (χ3v) is 5.84. The number of ether oxygens (including phenoxy) is 1. The van der Waals surface area contributed by atoms with Crippen LogP contribution in [0.5, 0.6) is 0 Å². The number of alkyl halides is 1. The lowest BCUT2D eigenvalue weighted by atomic mass is 10.2. The number of halogens is 1. The van der Waals surface area contributed by atoms with Crippen molar-refractivity contribution in [3.8, 4) is 0 Å². The molecule has 0 bridgehead atoms. The lowest BCUT2D eigenvalue weighted by Crippen LogP contribution is -2.50. The van der Waals surface area contributed by atoms with E-state index in [4.69, 9.17) is 4.74 Å². The van der Waals surface area contributed by atoms with Crippen molar-refractivity contribution < 1.29 is 13.2 Å². The molecule has 1 N–H and O–H groups in total. The average Bonchev–Trinajstić information content (AvgIpc) is 2.73. The fraction of sp³-hybridized carbons (Fsp3) is 1.00. The second-order valence-electron chi connectivity index (χ2n) is 4.32. The van der Waals surface area contributed by atoms with Crippen LogP contribution in [0.1, 0.15) is 12.8 Å². The Balaban J connectivity index is 1.79. The van der Waals surface area contributed by atoms with E-state index in [0.29, 0.717) is 12.6 Å². The van der Waals surface area contributed by atoms with Gasteiger partial charge in [0.25, 0.3) is 0 Å². The minimum Gasteiger partial charge on any atom is -0.374 e. The Morgan fingerprint density at radius 1 is 1.50 bits per heavy atom. The molecule has 2 heterocycles. The number of morpholine rings is 1. The maximum Gasteiger partial charge on any atom is 0.221 e. The molecule has 0 aromatic carbocycles. The van der Waals surface area contributed by atoms with Crippen LogP contribution in [-0.2, 0) is 14.8 Å². The van der Waals surface area contributed by atoms with Gasteiger partial charge in [-0.1, -0.05) is 15.9 Å². The smallest absolute Gasteiger partial charge is 0.221 e. The Hall–Kier alpha value is 0.310. The Morgan fingerprint density at radius 3 is 3.06 bits per heavy atom. The van der Waals surface area contributed by atoms with Crippen LogP contribution in [0.4, 0.5) is 0 Å². The molecule has 0 spiro atoms.